The minimum absolute atomic E-state index is 0.215. The summed E-state index contributed by atoms with van der Waals surface area (Å²) in [5, 5.41) is 2.17. The van der Waals surface area contributed by atoms with Gasteiger partial charge in [0.25, 0.3) is 0 Å². The SMILES string of the molecule is CON(C(C)=O)c1c(C(=O)c2cc(C)ccn2)[nH]c2ccc(Cl)cc12. The van der Waals surface area contributed by atoms with E-state index in [4.69, 9.17) is 16.4 Å². The Balaban J connectivity index is 2.26. The molecule has 0 saturated carbocycles. The Hall–Kier alpha value is -2.70. The summed E-state index contributed by atoms with van der Waals surface area (Å²) < 4.78 is 0. The van der Waals surface area contributed by atoms with Crippen LogP contribution in [0.3, 0.4) is 0 Å². The predicted octanol–water partition coefficient (Wildman–Crippen LogP) is 3.67. The van der Waals surface area contributed by atoms with Gasteiger partial charge in [-0.3, -0.25) is 19.4 Å². The van der Waals surface area contributed by atoms with E-state index in [1.54, 1.807) is 36.5 Å². The molecule has 0 saturated heterocycles. The van der Waals surface area contributed by atoms with Crippen molar-refractivity contribution in [2.24, 2.45) is 0 Å². The predicted molar refractivity (Wildman–Crippen MR) is 95.9 cm³/mol. The lowest BCUT2D eigenvalue weighted by molar-refractivity contribution is -0.122. The summed E-state index contributed by atoms with van der Waals surface area (Å²) in [6.45, 7) is 3.23. The number of nitrogens with one attached hydrogen (secondary N) is 1. The highest BCUT2D eigenvalue weighted by molar-refractivity contribution is 6.31. The largest absolute Gasteiger partial charge is 0.350 e. The average Bonchev–Trinajstić information content (AvgIpc) is 2.93. The van der Waals surface area contributed by atoms with Crippen LogP contribution in [-0.2, 0) is 9.63 Å². The Bertz CT molecular complexity index is 981. The number of carbonyl (C=O) groups is 2. The molecule has 0 aliphatic carbocycles. The number of fused-ring (bicyclic) bond motifs is 1. The van der Waals surface area contributed by atoms with Crippen LogP contribution in [0, 0.1) is 6.92 Å². The number of H-pyrrole nitrogens is 1. The van der Waals surface area contributed by atoms with Crippen molar-refractivity contribution in [1.82, 2.24) is 9.97 Å². The van der Waals surface area contributed by atoms with Crippen molar-refractivity contribution in [2.45, 2.75) is 13.8 Å². The molecule has 0 aliphatic heterocycles. The Morgan fingerprint density at radius 1 is 1.24 bits per heavy atom. The summed E-state index contributed by atoms with van der Waals surface area (Å²) in [6, 6.07) is 8.62. The topological polar surface area (TPSA) is 75.3 Å². The third kappa shape index (κ3) is 3.14. The van der Waals surface area contributed by atoms with E-state index in [9.17, 15) is 9.59 Å². The molecule has 2 heterocycles. The lowest BCUT2D eigenvalue weighted by Gasteiger charge is -2.18. The van der Waals surface area contributed by atoms with Crippen LogP contribution in [0.4, 0.5) is 5.69 Å². The van der Waals surface area contributed by atoms with Gasteiger partial charge >= 0.3 is 0 Å². The Morgan fingerprint density at radius 3 is 2.64 bits per heavy atom. The number of carbonyl (C=O) groups excluding carboxylic acids is 2. The van der Waals surface area contributed by atoms with E-state index in [1.165, 1.54) is 14.0 Å². The summed E-state index contributed by atoms with van der Waals surface area (Å²) in [5.41, 5.74) is 2.39. The van der Waals surface area contributed by atoms with Crippen molar-refractivity contribution < 1.29 is 14.4 Å². The van der Waals surface area contributed by atoms with Crippen LogP contribution in [0.1, 0.15) is 28.7 Å². The first kappa shape index (κ1) is 17.1. The van der Waals surface area contributed by atoms with Crippen molar-refractivity contribution in [3.63, 3.8) is 0 Å². The second-order valence-corrected chi connectivity index (χ2v) is 6.02. The molecule has 3 rings (SSSR count). The van der Waals surface area contributed by atoms with Crippen LogP contribution in [0.25, 0.3) is 10.9 Å². The second kappa shape index (κ2) is 6.66. The summed E-state index contributed by atoms with van der Waals surface area (Å²) in [7, 11) is 1.37. The normalized spacial score (nSPS) is 10.9. The number of benzene rings is 1. The van der Waals surface area contributed by atoms with Gasteiger partial charge in [-0.2, -0.15) is 5.06 Å². The zero-order valence-electron chi connectivity index (χ0n) is 14.0. The number of hydrogen-bond donors (Lipinski definition) is 1. The van der Waals surface area contributed by atoms with Gasteiger partial charge in [0.1, 0.15) is 17.1 Å². The molecule has 6 nitrogen and oxygen atoms in total. The smallest absolute Gasteiger partial charge is 0.247 e. The maximum Gasteiger partial charge on any atom is 0.247 e. The molecule has 7 heteroatoms. The van der Waals surface area contributed by atoms with Gasteiger partial charge in [-0.1, -0.05) is 11.6 Å². The first-order chi connectivity index (χ1) is 11.9. The van der Waals surface area contributed by atoms with Crippen molar-refractivity contribution in [3.8, 4) is 0 Å². The van der Waals surface area contributed by atoms with E-state index in [0.717, 1.165) is 10.6 Å². The highest BCUT2D eigenvalue weighted by atomic mass is 35.5. The number of nitrogens with zero attached hydrogens (tertiary/aromatic N) is 2. The number of aromatic amines is 1. The number of aryl methyl sites for hydroxylation is 1. The molecular weight excluding hydrogens is 342 g/mol. The van der Waals surface area contributed by atoms with Gasteiger partial charge in [0.15, 0.2) is 0 Å². The highest BCUT2D eigenvalue weighted by Gasteiger charge is 2.27. The van der Waals surface area contributed by atoms with E-state index in [1.807, 2.05) is 6.92 Å². The van der Waals surface area contributed by atoms with E-state index < -0.39 is 0 Å². The lowest BCUT2D eigenvalue weighted by Crippen LogP contribution is -2.28. The molecule has 0 atom stereocenters. The van der Waals surface area contributed by atoms with Gasteiger partial charge in [-0.25, -0.2) is 0 Å². The molecule has 2 aromatic heterocycles. The fourth-order valence-electron chi connectivity index (χ4n) is 2.69. The zero-order valence-corrected chi connectivity index (χ0v) is 14.7. The molecule has 128 valence electrons. The molecule has 1 aromatic carbocycles. The van der Waals surface area contributed by atoms with Crippen molar-refractivity contribution >= 4 is 39.9 Å². The molecular formula is C18H16ClN3O3. The number of pyridine rings is 1. The molecule has 0 spiro atoms. The van der Waals surface area contributed by atoms with Crippen LogP contribution >= 0.6 is 11.6 Å². The van der Waals surface area contributed by atoms with E-state index in [-0.39, 0.29) is 23.1 Å². The third-order valence-electron chi connectivity index (χ3n) is 3.78. The number of hydroxylamine groups is 1. The van der Waals surface area contributed by atoms with E-state index >= 15 is 0 Å². The van der Waals surface area contributed by atoms with Gasteiger partial charge in [0.2, 0.25) is 11.7 Å². The average molecular weight is 358 g/mol. The minimum Gasteiger partial charge on any atom is -0.350 e. The number of anilines is 1. The molecule has 1 amide bonds. The second-order valence-electron chi connectivity index (χ2n) is 5.58. The maximum absolute atomic E-state index is 13.0. The summed E-state index contributed by atoms with van der Waals surface area (Å²) in [4.78, 5) is 37.4. The van der Waals surface area contributed by atoms with Gasteiger partial charge in [0, 0.05) is 29.0 Å². The minimum atomic E-state index is -0.366. The van der Waals surface area contributed by atoms with Gasteiger partial charge in [-0.05, 0) is 42.8 Å². The zero-order chi connectivity index (χ0) is 18.1. The van der Waals surface area contributed by atoms with Gasteiger partial charge < -0.3 is 4.98 Å². The molecule has 3 aromatic rings. The van der Waals surface area contributed by atoms with Crippen molar-refractivity contribution in [2.75, 3.05) is 12.2 Å². The number of ketones is 1. The van der Waals surface area contributed by atoms with Crippen LogP contribution in [0.15, 0.2) is 36.5 Å². The quantitative estimate of drug-likeness (QED) is 0.571. The van der Waals surface area contributed by atoms with Crippen LogP contribution in [-0.4, -0.2) is 28.8 Å². The monoisotopic (exact) mass is 357 g/mol. The highest BCUT2D eigenvalue weighted by Crippen LogP contribution is 2.34. The molecule has 25 heavy (non-hydrogen) atoms. The first-order valence-electron chi connectivity index (χ1n) is 7.55. The molecule has 1 N–H and O–H groups in total. The Labute approximate surface area is 149 Å². The number of aromatic nitrogens is 2. The maximum atomic E-state index is 13.0. The number of rotatable bonds is 4. The van der Waals surface area contributed by atoms with Crippen LogP contribution in [0.2, 0.25) is 5.02 Å². The standard InChI is InChI=1S/C18H16ClN3O3/c1-10-6-7-20-15(8-10)18(24)16-17(22(25-3)11(2)23)13-9-12(19)4-5-14(13)21-16/h4-9,21H,1-3H3. The van der Waals surface area contributed by atoms with Crippen LogP contribution < -0.4 is 5.06 Å². The summed E-state index contributed by atoms with van der Waals surface area (Å²) in [5.74, 6) is -0.705. The van der Waals surface area contributed by atoms with Crippen LogP contribution in [0.5, 0.6) is 0 Å². The number of hydrogen-bond acceptors (Lipinski definition) is 4. The molecule has 0 aliphatic rings. The van der Waals surface area contributed by atoms with Gasteiger partial charge in [0.05, 0.1) is 7.11 Å². The van der Waals surface area contributed by atoms with Crippen molar-refractivity contribution in [3.05, 3.63) is 58.5 Å². The van der Waals surface area contributed by atoms with Crippen molar-refractivity contribution in [1.29, 1.82) is 0 Å². The Morgan fingerprint density at radius 2 is 2.00 bits per heavy atom. The molecule has 0 fully saturated rings. The summed E-state index contributed by atoms with van der Waals surface area (Å²) in [6.07, 6.45) is 1.57. The summed E-state index contributed by atoms with van der Waals surface area (Å²) >= 11 is 6.09. The van der Waals surface area contributed by atoms with Gasteiger partial charge in [-0.15, -0.1) is 0 Å². The van der Waals surface area contributed by atoms with E-state index in [2.05, 4.69) is 9.97 Å². The lowest BCUT2D eigenvalue weighted by atomic mass is 10.1. The van der Waals surface area contributed by atoms with E-state index in [0.29, 0.717) is 21.6 Å². The third-order valence-corrected chi connectivity index (χ3v) is 4.02. The first-order valence-corrected chi connectivity index (χ1v) is 7.93. The molecule has 0 radical (unpaired) electrons. The Kier molecular flexibility index (Phi) is 4.57. The fraction of sp³-hybridized carbons (Fsp3) is 0.167. The molecule has 0 bridgehead atoms. The number of amides is 1. The fourth-order valence-corrected chi connectivity index (χ4v) is 2.86. The molecule has 0 unspecified atom stereocenters. The number of halogens is 1.